The van der Waals surface area contributed by atoms with Crippen molar-refractivity contribution in [3.8, 4) is 5.75 Å². The number of carbonyl (C=O) groups excluding carboxylic acids is 2. The van der Waals surface area contributed by atoms with Gasteiger partial charge in [-0.05, 0) is 30.5 Å². The predicted molar refractivity (Wildman–Crippen MR) is 83.4 cm³/mol. The zero-order valence-electron chi connectivity index (χ0n) is 12.7. The molecule has 1 aliphatic rings. The lowest BCUT2D eigenvalue weighted by atomic mass is 10.2. The van der Waals surface area contributed by atoms with Crippen LogP contribution in [0.2, 0.25) is 0 Å². The van der Waals surface area contributed by atoms with Crippen LogP contribution in [0.4, 0.5) is 0 Å². The first kappa shape index (κ1) is 16.1. The highest BCUT2D eigenvalue weighted by Gasteiger charge is 2.29. The Bertz CT molecular complexity index is 536. The fourth-order valence-electron chi connectivity index (χ4n) is 2.19. The van der Waals surface area contributed by atoms with Gasteiger partial charge in [-0.15, -0.1) is 0 Å². The highest BCUT2D eigenvalue weighted by Crippen LogP contribution is 2.14. The Labute approximate surface area is 130 Å². The topological polar surface area (TPSA) is 64.6 Å². The number of methoxy groups -OCH3 is 1. The summed E-state index contributed by atoms with van der Waals surface area (Å²) in [6.45, 7) is 0.583. The van der Waals surface area contributed by atoms with Gasteiger partial charge in [-0.1, -0.05) is 24.3 Å². The van der Waals surface area contributed by atoms with E-state index >= 15 is 0 Å². The van der Waals surface area contributed by atoms with Gasteiger partial charge >= 0.3 is 5.97 Å². The summed E-state index contributed by atoms with van der Waals surface area (Å²) in [5.41, 5.74) is 1.11. The number of nitrogens with one attached hydrogen (secondary N) is 1. The third-order valence-corrected chi connectivity index (χ3v) is 3.45. The maximum Gasteiger partial charge on any atom is 0.306 e. The largest absolute Gasteiger partial charge is 0.497 e. The van der Waals surface area contributed by atoms with Gasteiger partial charge in [0.05, 0.1) is 7.11 Å². The van der Waals surface area contributed by atoms with Crippen molar-refractivity contribution in [3.05, 3.63) is 35.9 Å². The van der Waals surface area contributed by atoms with Crippen molar-refractivity contribution in [1.82, 2.24) is 5.32 Å². The Hall–Kier alpha value is -2.30. The SMILES string of the molecule is COc1ccc(/C=C\CCCNC(=O)[C@@H]2CCC(=O)O2)cc1. The Kier molecular flexibility index (Phi) is 6.01. The molecule has 0 aromatic heterocycles. The number of rotatable bonds is 7. The number of cyclic esters (lactones) is 1. The molecule has 0 spiro atoms. The Morgan fingerprint density at radius 2 is 2.18 bits per heavy atom. The lowest BCUT2D eigenvalue weighted by molar-refractivity contribution is -0.148. The van der Waals surface area contributed by atoms with E-state index < -0.39 is 6.10 Å². The standard InChI is InChI=1S/C17H21NO4/c1-21-14-8-6-13(7-9-14)5-3-2-4-12-18-17(20)15-10-11-16(19)22-15/h3,5-9,15H,2,4,10-12H2,1H3,(H,18,20)/b5-3-/t15-/m0/s1. The number of ether oxygens (including phenoxy) is 2. The molecule has 0 radical (unpaired) electrons. The van der Waals surface area contributed by atoms with Gasteiger partial charge in [-0.25, -0.2) is 0 Å². The fourth-order valence-corrected chi connectivity index (χ4v) is 2.19. The number of allylic oxidation sites excluding steroid dienone is 1. The van der Waals surface area contributed by atoms with Gasteiger partial charge < -0.3 is 14.8 Å². The van der Waals surface area contributed by atoms with Crippen molar-refractivity contribution in [2.24, 2.45) is 0 Å². The zero-order chi connectivity index (χ0) is 15.8. The third-order valence-electron chi connectivity index (χ3n) is 3.45. The molecule has 5 heteroatoms. The molecule has 0 bridgehead atoms. The number of hydrogen-bond acceptors (Lipinski definition) is 4. The molecule has 22 heavy (non-hydrogen) atoms. The molecule has 1 aromatic rings. The number of amides is 1. The van der Waals surface area contributed by atoms with E-state index in [1.807, 2.05) is 30.3 Å². The Morgan fingerprint density at radius 1 is 1.41 bits per heavy atom. The van der Waals surface area contributed by atoms with Crippen LogP contribution in [0.5, 0.6) is 5.75 Å². The average molecular weight is 303 g/mol. The Balaban J connectivity index is 1.61. The molecule has 0 unspecified atom stereocenters. The van der Waals surface area contributed by atoms with E-state index in [-0.39, 0.29) is 11.9 Å². The fraction of sp³-hybridized carbons (Fsp3) is 0.412. The maximum atomic E-state index is 11.7. The van der Waals surface area contributed by atoms with Crippen LogP contribution in [0.15, 0.2) is 30.3 Å². The second kappa shape index (κ2) is 8.22. The normalized spacial score (nSPS) is 17.5. The molecule has 1 amide bonds. The van der Waals surface area contributed by atoms with Gasteiger partial charge in [-0.3, -0.25) is 9.59 Å². The first-order chi connectivity index (χ1) is 10.7. The molecule has 0 aliphatic carbocycles. The minimum atomic E-state index is -0.595. The molecule has 0 saturated carbocycles. The van der Waals surface area contributed by atoms with E-state index in [2.05, 4.69) is 11.4 Å². The van der Waals surface area contributed by atoms with Crippen LogP contribution in [-0.4, -0.2) is 31.6 Å². The molecular formula is C17H21NO4. The summed E-state index contributed by atoms with van der Waals surface area (Å²) in [6.07, 6.45) is 6.06. The molecule has 5 nitrogen and oxygen atoms in total. The lowest BCUT2D eigenvalue weighted by Crippen LogP contribution is -2.34. The third kappa shape index (κ3) is 4.91. The maximum absolute atomic E-state index is 11.7. The number of carbonyl (C=O) groups is 2. The monoisotopic (exact) mass is 303 g/mol. The van der Waals surface area contributed by atoms with E-state index in [1.165, 1.54) is 0 Å². The van der Waals surface area contributed by atoms with Gasteiger partial charge in [0.25, 0.3) is 5.91 Å². The zero-order valence-corrected chi connectivity index (χ0v) is 12.7. The second-order valence-corrected chi connectivity index (χ2v) is 5.13. The molecule has 1 aliphatic heterocycles. The molecule has 2 rings (SSSR count). The quantitative estimate of drug-likeness (QED) is 0.620. The average Bonchev–Trinajstić information content (AvgIpc) is 2.97. The molecule has 1 atom stereocenters. The predicted octanol–water partition coefficient (Wildman–Crippen LogP) is 2.31. The minimum absolute atomic E-state index is 0.190. The van der Waals surface area contributed by atoms with Gasteiger partial charge in [0.2, 0.25) is 0 Å². The number of unbranched alkanes of at least 4 members (excludes halogenated alkanes) is 1. The van der Waals surface area contributed by atoms with Crippen LogP contribution in [0.3, 0.4) is 0 Å². The summed E-state index contributed by atoms with van der Waals surface area (Å²) in [4.78, 5) is 22.6. The molecular weight excluding hydrogens is 282 g/mol. The number of hydrogen-bond donors (Lipinski definition) is 1. The first-order valence-corrected chi connectivity index (χ1v) is 7.47. The van der Waals surface area contributed by atoms with E-state index in [9.17, 15) is 9.59 Å². The smallest absolute Gasteiger partial charge is 0.306 e. The summed E-state index contributed by atoms with van der Waals surface area (Å²) in [6, 6.07) is 7.82. The van der Waals surface area contributed by atoms with Gasteiger partial charge in [-0.2, -0.15) is 0 Å². The summed E-state index contributed by atoms with van der Waals surface area (Å²) in [7, 11) is 1.64. The summed E-state index contributed by atoms with van der Waals surface area (Å²) in [5.74, 6) is 0.361. The molecule has 118 valence electrons. The van der Waals surface area contributed by atoms with Crippen molar-refractivity contribution >= 4 is 18.0 Å². The van der Waals surface area contributed by atoms with Gasteiger partial charge in [0.15, 0.2) is 6.10 Å². The number of esters is 1. The van der Waals surface area contributed by atoms with Gasteiger partial charge in [0.1, 0.15) is 5.75 Å². The Morgan fingerprint density at radius 3 is 2.82 bits per heavy atom. The van der Waals surface area contributed by atoms with Crippen LogP contribution in [0.25, 0.3) is 6.08 Å². The van der Waals surface area contributed by atoms with Crippen LogP contribution in [0.1, 0.15) is 31.2 Å². The van der Waals surface area contributed by atoms with Crippen LogP contribution in [0, 0.1) is 0 Å². The van der Waals surface area contributed by atoms with Crippen molar-refractivity contribution in [3.63, 3.8) is 0 Å². The lowest BCUT2D eigenvalue weighted by Gasteiger charge is -2.09. The highest BCUT2D eigenvalue weighted by molar-refractivity contribution is 5.86. The molecule has 1 aromatic carbocycles. The minimum Gasteiger partial charge on any atom is -0.497 e. The summed E-state index contributed by atoms with van der Waals surface area (Å²) >= 11 is 0. The van der Waals surface area contributed by atoms with Crippen molar-refractivity contribution in [2.75, 3.05) is 13.7 Å². The van der Waals surface area contributed by atoms with Crippen molar-refractivity contribution in [2.45, 2.75) is 31.8 Å². The number of benzene rings is 1. The van der Waals surface area contributed by atoms with E-state index in [0.29, 0.717) is 19.4 Å². The molecule has 1 heterocycles. The summed E-state index contributed by atoms with van der Waals surface area (Å²) < 4.78 is 10.0. The molecule has 1 N–H and O–H groups in total. The van der Waals surface area contributed by atoms with Crippen LogP contribution in [-0.2, 0) is 14.3 Å². The van der Waals surface area contributed by atoms with Crippen LogP contribution < -0.4 is 10.1 Å². The second-order valence-electron chi connectivity index (χ2n) is 5.13. The van der Waals surface area contributed by atoms with Gasteiger partial charge in [0, 0.05) is 19.4 Å². The molecule has 1 saturated heterocycles. The highest BCUT2D eigenvalue weighted by atomic mass is 16.6. The van der Waals surface area contributed by atoms with Crippen LogP contribution >= 0.6 is 0 Å². The first-order valence-electron chi connectivity index (χ1n) is 7.47. The molecule has 1 fully saturated rings. The van der Waals surface area contributed by atoms with Crippen molar-refractivity contribution < 1.29 is 19.1 Å². The van der Waals surface area contributed by atoms with Crippen molar-refractivity contribution in [1.29, 1.82) is 0 Å². The van der Waals surface area contributed by atoms with E-state index in [0.717, 1.165) is 24.2 Å². The summed E-state index contributed by atoms with van der Waals surface area (Å²) in [5, 5.41) is 2.79. The van der Waals surface area contributed by atoms with E-state index in [4.69, 9.17) is 9.47 Å². The van der Waals surface area contributed by atoms with E-state index in [1.54, 1.807) is 7.11 Å².